The Morgan fingerprint density at radius 2 is 1.89 bits per heavy atom. The highest BCUT2D eigenvalue weighted by Crippen LogP contribution is 2.26. The third-order valence-corrected chi connectivity index (χ3v) is 4.27. The van der Waals surface area contributed by atoms with E-state index in [1.165, 1.54) is 10.4 Å². The fourth-order valence-corrected chi connectivity index (χ4v) is 2.88. The SMILES string of the molecule is CCCN(Cc1ccc(N)cc1)c1nc(C)c(C)s1. The monoisotopic (exact) mass is 275 g/mol. The summed E-state index contributed by atoms with van der Waals surface area (Å²) in [7, 11) is 0. The summed E-state index contributed by atoms with van der Waals surface area (Å²) in [5, 5.41) is 1.12. The first-order chi connectivity index (χ1) is 9.10. The van der Waals surface area contributed by atoms with Gasteiger partial charge in [-0.3, -0.25) is 0 Å². The molecule has 1 aromatic carbocycles. The Bertz CT molecular complexity index is 511. The lowest BCUT2D eigenvalue weighted by atomic mass is 10.2. The highest BCUT2D eigenvalue weighted by molar-refractivity contribution is 7.15. The maximum atomic E-state index is 5.73. The van der Waals surface area contributed by atoms with E-state index < -0.39 is 0 Å². The molecule has 0 radical (unpaired) electrons. The highest BCUT2D eigenvalue weighted by Gasteiger charge is 2.12. The molecular weight excluding hydrogens is 254 g/mol. The first kappa shape index (κ1) is 13.9. The molecule has 0 aliphatic rings. The lowest BCUT2D eigenvalue weighted by Crippen LogP contribution is -2.23. The minimum Gasteiger partial charge on any atom is -0.399 e. The number of thiazole rings is 1. The lowest BCUT2D eigenvalue weighted by molar-refractivity contribution is 0.763. The molecular formula is C15H21N3S. The van der Waals surface area contributed by atoms with Crippen LogP contribution in [0, 0.1) is 13.8 Å². The number of hydrogen-bond acceptors (Lipinski definition) is 4. The fraction of sp³-hybridized carbons (Fsp3) is 0.400. The molecule has 0 saturated carbocycles. The van der Waals surface area contributed by atoms with Gasteiger partial charge in [-0.05, 0) is 38.0 Å². The van der Waals surface area contributed by atoms with Crippen molar-refractivity contribution < 1.29 is 0 Å². The predicted octanol–water partition coefficient (Wildman–Crippen LogP) is 3.76. The summed E-state index contributed by atoms with van der Waals surface area (Å²) in [5.74, 6) is 0. The van der Waals surface area contributed by atoms with Gasteiger partial charge in [-0.2, -0.15) is 0 Å². The van der Waals surface area contributed by atoms with Gasteiger partial charge in [-0.1, -0.05) is 19.1 Å². The standard InChI is InChI=1S/C15H21N3S/c1-4-9-18(15-17-11(2)12(3)19-15)10-13-5-7-14(16)8-6-13/h5-8H,4,9-10,16H2,1-3H3. The number of aromatic nitrogens is 1. The largest absolute Gasteiger partial charge is 0.399 e. The minimum atomic E-state index is 0.812. The van der Waals surface area contributed by atoms with Crippen LogP contribution >= 0.6 is 11.3 Å². The van der Waals surface area contributed by atoms with Crippen LogP contribution in [0.25, 0.3) is 0 Å². The molecule has 0 saturated heterocycles. The smallest absolute Gasteiger partial charge is 0.186 e. The molecule has 1 heterocycles. The van der Waals surface area contributed by atoms with Crippen molar-refractivity contribution in [3.8, 4) is 0 Å². The van der Waals surface area contributed by atoms with Gasteiger partial charge in [0.25, 0.3) is 0 Å². The maximum absolute atomic E-state index is 5.73. The van der Waals surface area contributed by atoms with Gasteiger partial charge in [0.1, 0.15) is 0 Å². The van der Waals surface area contributed by atoms with Gasteiger partial charge in [0, 0.05) is 23.7 Å². The van der Waals surface area contributed by atoms with E-state index in [0.717, 1.165) is 36.0 Å². The summed E-state index contributed by atoms with van der Waals surface area (Å²) in [6.07, 6.45) is 1.12. The molecule has 0 amide bonds. The van der Waals surface area contributed by atoms with Gasteiger partial charge < -0.3 is 10.6 Å². The maximum Gasteiger partial charge on any atom is 0.186 e. The number of aryl methyl sites for hydroxylation is 2. The van der Waals surface area contributed by atoms with Gasteiger partial charge in [-0.25, -0.2) is 4.98 Å². The van der Waals surface area contributed by atoms with E-state index in [4.69, 9.17) is 5.73 Å². The quantitative estimate of drug-likeness (QED) is 0.845. The Kier molecular flexibility index (Phi) is 4.43. The molecule has 0 aliphatic heterocycles. The molecule has 4 heteroatoms. The van der Waals surface area contributed by atoms with Crippen LogP contribution in [0.4, 0.5) is 10.8 Å². The summed E-state index contributed by atoms with van der Waals surface area (Å²) in [6, 6.07) is 8.09. The number of anilines is 2. The Balaban J connectivity index is 2.18. The minimum absolute atomic E-state index is 0.812. The van der Waals surface area contributed by atoms with Gasteiger partial charge in [-0.15, -0.1) is 11.3 Å². The third kappa shape index (κ3) is 3.47. The van der Waals surface area contributed by atoms with Crippen LogP contribution in [0.2, 0.25) is 0 Å². The zero-order chi connectivity index (χ0) is 13.8. The van der Waals surface area contributed by atoms with E-state index in [-0.39, 0.29) is 0 Å². The number of benzene rings is 1. The van der Waals surface area contributed by atoms with Crippen LogP contribution in [-0.4, -0.2) is 11.5 Å². The van der Waals surface area contributed by atoms with Crippen molar-refractivity contribution in [2.24, 2.45) is 0 Å². The molecule has 0 unspecified atom stereocenters. The van der Waals surface area contributed by atoms with Crippen molar-refractivity contribution in [2.45, 2.75) is 33.7 Å². The second-order valence-electron chi connectivity index (χ2n) is 4.80. The predicted molar refractivity (Wildman–Crippen MR) is 83.8 cm³/mol. The number of nitrogens with zero attached hydrogens (tertiary/aromatic N) is 2. The third-order valence-electron chi connectivity index (χ3n) is 3.13. The molecule has 2 aromatic rings. The normalized spacial score (nSPS) is 10.7. The zero-order valence-corrected chi connectivity index (χ0v) is 12.6. The average Bonchev–Trinajstić information content (AvgIpc) is 2.72. The molecule has 0 atom stereocenters. The molecule has 102 valence electrons. The Morgan fingerprint density at radius 1 is 1.21 bits per heavy atom. The second kappa shape index (κ2) is 6.06. The van der Waals surface area contributed by atoms with Crippen molar-refractivity contribution in [1.82, 2.24) is 4.98 Å². The van der Waals surface area contributed by atoms with Crippen molar-refractivity contribution >= 4 is 22.2 Å². The molecule has 0 spiro atoms. The molecule has 0 bridgehead atoms. The van der Waals surface area contributed by atoms with E-state index in [1.807, 2.05) is 12.1 Å². The van der Waals surface area contributed by atoms with Crippen molar-refractivity contribution in [3.05, 3.63) is 40.4 Å². The van der Waals surface area contributed by atoms with Crippen LogP contribution < -0.4 is 10.6 Å². The molecule has 3 nitrogen and oxygen atoms in total. The van der Waals surface area contributed by atoms with Crippen LogP contribution in [0.1, 0.15) is 29.5 Å². The second-order valence-corrected chi connectivity index (χ2v) is 5.98. The van der Waals surface area contributed by atoms with Crippen molar-refractivity contribution in [2.75, 3.05) is 17.2 Å². The van der Waals surface area contributed by atoms with E-state index in [0.29, 0.717) is 0 Å². The van der Waals surface area contributed by atoms with Gasteiger partial charge in [0.05, 0.1) is 5.69 Å². The molecule has 0 aliphatic carbocycles. The summed E-state index contributed by atoms with van der Waals surface area (Å²) in [5.41, 5.74) is 8.95. The van der Waals surface area contributed by atoms with E-state index in [2.05, 4.69) is 42.8 Å². The van der Waals surface area contributed by atoms with Crippen molar-refractivity contribution in [3.63, 3.8) is 0 Å². The van der Waals surface area contributed by atoms with Gasteiger partial charge in [0.2, 0.25) is 0 Å². The lowest BCUT2D eigenvalue weighted by Gasteiger charge is -2.21. The number of rotatable bonds is 5. The first-order valence-electron chi connectivity index (χ1n) is 6.63. The summed E-state index contributed by atoms with van der Waals surface area (Å²) < 4.78 is 0. The number of nitrogen functional groups attached to an aromatic ring is 1. The van der Waals surface area contributed by atoms with E-state index >= 15 is 0 Å². The first-order valence-corrected chi connectivity index (χ1v) is 7.45. The van der Waals surface area contributed by atoms with Crippen LogP contribution in [0.5, 0.6) is 0 Å². The van der Waals surface area contributed by atoms with Crippen LogP contribution in [0.15, 0.2) is 24.3 Å². The van der Waals surface area contributed by atoms with Crippen molar-refractivity contribution in [1.29, 1.82) is 0 Å². The molecule has 19 heavy (non-hydrogen) atoms. The Morgan fingerprint density at radius 3 is 2.42 bits per heavy atom. The molecule has 2 N–H and O–H groups in total. The topological polar surface area (TPSA) is 42.1 Å². The fourth-order valence-electron chi connectivity index (χ4n) is 1.95. The van der Waals surface area contributed by atoms with Gasteiger partial charge >= 0.3 is 0 Å². The Hall–Kier alpha value is -1.55. The summed E-state index contributed by atoms with van der Waals surface area (Å²) in [4.78, 5) is 8.31. The number of hydrogen-bond donors (Lipinski definition) is 1. The van der Waals surface area contributed by atoms with Gasteiger partial charge in [0.15, 0.2) is 5.13 Å². The van der Waals surface area contributed by atoms with Crippen LogP contribution in [0.3, 0.4) is 0 Å². The van der Waals surface area contributed by atoms with Crippen LogP contribution in [-0.2, 0) is 6.54 Å². The zero-order valence-electron chi connectivity index (χ0n) is 11.8. The summed E-state index contributed by atoms with van der Waals surface area (Å²) in [6.45, 7) is 8.31. The van der Waals surface area contributed by atoms with E-state index in [1.54, 1.807) is 11.3 Å². The summed E-state index contributed by atoms with van der Waals surface area (Å²) >= 11 is 1.77. The molecule has 2 rings (SSSR count). The Labute approximate surface area is 119 Å². The van der Waals surface area contributed by atoms with E-state index in [9.17, 15) is 0 Å². The molecule has 1 aromatic heterocycles. The average molecular weight is 275 g/mol. The highest BCUT2D eigenvalue weighted by atomic mass is 32.1. The molecule has 0 fully saturated rings. The number of nitrogens with two attached hydrogens (primary N) is 1.